The van der Waals surface area contributed by atoms with Crippen LogP contribution in [0.2, 0.25) is 0 Å². The molecule has 3 N–H and O–H groups in total. The largest absolute Gasteiger partial charge is 0.496 e. The number of likely N-dealkylation sites (tertiary alicyclic amines) is 1. The molecule has 40 heavy (non-hydrogen) atoms. The minimum absolute atomic E-state index is 0.0354. The molecule has 208 valence electrons. The second kappa shape index (κ2) is 11.7. The summed E-state index contributed by atoms with van der Waals surface area (Å²) >= 11 is 0. The van der Waals surface area contributed by atoms with Gasteiger partial charge in [0.15, 0.2) is 0 Å². The molecule has 1 aromatic heterocycles. The Morgan fingerprint density at radius 1 is 1.05 bits per heavy atom. The summed E-state index contributed by atoms with van der Waals surface area (Å²) in [6.07, 6.45) is 7.89. The first-order valence-electron chi connectivity index (χ1n) is 13.5. The van der Waals surface area contributed by atoms with Crippen molar-refractivity contribution in [2.24, 2.45) is 11.7 Å². The van der Waals surface area contributed by atoms with E-state index in [0.717, 1.165) is 30.4 Å². The first kappa shape index (κ1) is 27.1. The standard InChI is InChI=1S/C31H35N5O4/c1-4-27(37)35-16-13-21(14-17-35)24-12-15-33-31-28(30(32)38)29(34-36(24)31)22-18-25(39-2)23(26(19-22)40-3)11-10-20-8-6-5-7-9-20/h4-11,18-19,21,24,33H,1,12-17H2,2-3H3,(H2,32,38)/b11-10+. The SMILES string of the molecule is C=CC(=O)N1CCC(C2CCNc3c(C(N)=O)c(-c4cc(OC)c(/C=C/c5ccccc5)c(OC)c4)nn32)CC1. The van der Waals surface area contributed by atoms with Crippen LogP contribution in [0.15, 0.2) is 55.1 Å². The molecule has 1 unspecified atom stereocenters. The van der Waals surface area contributed by atoms with E-state index in [4.69, 9.17) is 20.3 Å². The molecule has 9 heteroatoms. The molecule has 0 bridgehead atoms. The molecule has 3 heterocycles. The third kappa shape index (κ3) is 5.19. The van der Waals surface area contributed by atoms with Gasteiger partial charge in [-0.15, -0.1) is 0 Å². The number of hydrogen-bond donors (Lipinski definition) is 2. The summed E-state index contributed by atoms with van der Waals surface area (Å²) in [4.78, 5) is 26.7. The lowest BCUT2D eigenvalue weighted by molar-refractivity contribution is -0.127. The van der Waals surface area contributed by atoms with E-state index in [0.29, 0.717) is 59.7 Å². The lowest BCUT2D eigenvalue weighted by Crippen LogP contribution is -2.41. The van der Waals surface area contributed by atoms with Crippen LogP contribution >= 0.6 is 0 Å². The lowest BCUT2D eigenvalue weighted by atomic mass is 9.87. The van der Waals surface area contributed by atoms with Gasteiger partial charge < -0.3 is 25.4 Å². The van der Waals surface area contributed by atoms with Crippen molar-refractivity contribution in [1.29, 1.82) is 0 Å². The van der Waals surface area contributed by atoms with Crippen molar-refractivity contribution in [3.05, 3.63) is 71.8 Å². The average Bonchev–Trinajstić information content (AvgIpc) is 3.40. The van der Waals surface area contributed by atoms with E-state index in [9.17, 15) is 9.59 Å². The number of nitrogens with two attached hydrogens (primary N) is 1. The van der Waals surface area contributed by atoms with Crippen LogP contribution in [0.4, 0.5) is 5.82 Å². The Morgan fingerprint density at radius 3 is 2.33 bits per heavy atom. The number of fused-ring (bicyclic) bond motifs is 1. The lowest BCUT2D eigenvalue weighted by Gasteiger charge is -2.38. The molecule has 2 aliphatic heterocycles. The van der Waals surface area contributed by atoms with Gasteiger partial charge in [0.2, 0.25) is 5.91 Å². The van der Waals surface area contributed by atoms with Crippen LogP contribution in [0.25, 0.3) is 23.4 Å². The Labute approximate surface area is 234 Å². The number of hydrogen-bond acceptors (Lipinski definition) is 6. The number of piperidine rings is 1. The fourth-order valence-electron chi connectivity index (χ4n) is 5.79. The Morgan fingerprint density at radius 2 is 1.73 bits per heavy atom. The summed E-state index contributed by atoms with van der Waals surface area (Å²) in [5.74, 6) is 1.54. The molecule has 5 rings (SSSR count). The molecule has 2 amide bonds. The number of carbonyl (C=O) groups excluding carboxylic acids is 2. The normalized spacial score (nSPS) is 17.2. The van der Waals surface area contributed by atoms with E-state index in [1.807, 2.05) is 64.2 Å². The van der Waals surface area contributed by atoms with Crippen LogP contribution in [0.3, 0.4) is 0 Å². The quantitative estimate of drug-likeness (QED) is 0.318. The first-order valence-corrected chi connectivity index (χ1v) is 13.5. The molecule has 2 aliphatic rings. The Hall–Kier alpha value is -4.53. The predicted octanol–water partition coefficient (Wildman–Crippen LogP) is 4.62. The fourth-order valence-corrected chi connectivity index (χ4v) is 5.79. The van der Waals surface area contributed by atoms with Crippen molar-refractivity contribution in [3.63, 3.8) is 0 Å². The van der Waals surface area contributed by atoms with Crippen LogP contribution in [0.5, 0.6) is 11.5 Å². The molecule has 1 atom stereocenters. The van der Waals surface area contributed by atoms with E-state index in [1.54, 1.807) is 14.2 Å². The summed E-state index contributed by atoms with van der Waals surface area (Å²) in [6.45, 7) is 5.67. The summed E-state index contributed by atoms with van der Waals surface area (Å²) in [7, 11) is 3.21. The van der Waals surface area contributed by atoms with Crippen LogP contribution < -0.4 is 20.5 Å². The van der Waals surface area contributed by atoms with E-state index in [1.165, 1.54) is 6.08 Å². The molecule has 0 radical (unpaired) electrons. The third-order valence-corrected chi connectivity index (χ3v) is 7.83. The number of rotatable bonds is 8. The van der Waals surface area contributed by atoms with Crippen LogP contribution in [-0.4, -0.2) is 60.3 Å². The predicted molar refractivity (Wildman–Crippen MR) is 156 cm³/mol. The number of amides is 2. The Bertz CT molecular complexity index is 1410. The number of anilines is 1. The van der Waals surface area contributed by atoms with Crippen molar-refractivity contribution < 1.29 is 19.1 Å². The second-order valence-electron chi connectivity index (χ2n) is 10.1. The summed E-state index contributed by atoms with van der Waals surface area (Å²) < 4.78 is 13.4. The molecule has 1 fully saturated rings. The second-order valence-corrected chi connectivity index (χ2v) is 10.1. The van der Waals surface area contributed by atoms with Gasteiger partial charge in [0.25, 0.3) is 5.91 Å². The van der Waals surface area contributed by atoms with Gasteiger partial charge in [-0.25, -0.2) is 4.68 Å². The zero-order valence-corrected chi connectivity index (χ0v) is 22.9. The van der Waals surface area contributed by atoms with Crippen molar-refractivity contribution in [3.8, 4) is 22.8 Å². The highest BCUT2D eigenvalue weighted by molar-refractivity contribution is 6.04. The molecular formula is C31H35N5O4. The highest BCUT2D eigenvalue weighted by Crippen LogP contribution is 2.42. The molecule has 0 spiro atoms. The first-order chi connectivity index (χ1) is 19.4. The van der Waals surface area contributed by atoms with Crippen LogP contribution in [0, 0.1) is 5.92 Å². The summed E-state index contributed by atoms with van der Waals surface area (Å²) in [6, 6.07) is 13.8. The minimum Gasteiger partial charge on any atom is -0.496 e. The van der Waals surface area contributed by atoms with E-state index in [2.05, 4.69) is 11.9 Å². The van der Waals surface area contributed by atoms with E-state index >= 15 is 0 Å². The molecule has 2 aromatic carbocycles. The third-order valence-electron chi connectivity index (χ3n) is 7.83. The van der Waals surface area contributed by atoms with Gasteiger partial charge in [-0.1, -0.05) is 43.0 Å². The molecular weight excluding hydrogens is 506 g/mol. The number of nitrogens with zero attached hydrogens (tertiary/aromatic N) is 3. The maximum Gasteiger partial charge on any atom is 0.254 e. The van der Waals surface area contributed by atoms with Gasteiger partial charge in [-0.3, -0.25) is 9.59 Å². The Balaban J connectivity index is 1.52. The number of aromatic nitrogens is 2. The number of carbonyl (C=O) groups is 2. The van der Waals surface area contributed by atoms with Crippen molar-refractivity contribution >= 4 is 29.8 Å². The Kier molecular flexibility index (Phi) is 7.91. The highest BCUT2D eigenvalue weighted by Gasteiger charge is 2.36. The van der Waals surface area contributed by atoms with Crippen molar-refractivity contribution in [2.75, 3.05) is 39.2 Å². The monoisotopic (exact) mass is 541 g/mol. The van der Waals surface area contributed by atoms with E-state index in [-0.39, 0.29) is 11.9 Å². The number of primary amides is 1. The molecule has 0 aliphatic carbocycles. The topological polar surface area (TPSA) is 112 Å². The average molecular weight is 542 g/mol. The van der Waals surface area contributed by atoms with Crippen molar-refractivity contribution in [1.82, 2.24) is 14.7 Å². The molecule has 0 saturated carbocycles. The van der Waals surface area contributed by atoms with Gasteiger partial charge >= 0.3 is 0 Å². The van der Waals surface area contributed by atoms with Gasteiger partial charge in [0.05, 0.1) is 25.8 Å². The van der Waals surface area contributed by atoms with Gasteiger partial charge in [-0.2, -0.15) is 5.10 Å². The minimum atomic E-state index is -0.554. The van der Waals surface area contributed by atoms with Gasteiger partial charge in [0.1, 0.15) is 28.6 Å². The van der Waals surface area contributed by atoms with Crippen LogP contribution in [-0.2, 0) is 4.79 Å². The van der Waals surface area contributed by atoms with Gasteiger partial charge in [-0.05, 0) is 55.0 Å². The molecule has 3 aromatic rings. The zero-order chi connectivity index (χ0) is 28.2. The fraction of sp³-hybridized carbons (Fsp3) is 0.323. The maximum atomic E-state index is 12.8. The number of nitrogens with one attached hydrogen (secondary N) is 1. The van der Waals surface area contributed by atoms with Crippen molar-refractivity contribution in [2.45, 2.75) is 25.3 Å². The highest BCUT2D eigenvalue weighted by atomic mass is 16.5. The number of benzene rings is 2. The van der Waals surface area contributed by atoms with Crippen LogP contribution in [0.1, 0.15) is 46.8 Å². The zero-order valence-electron chi connectivity index (χ0n) is 22.9. The maximum absolute atomic E-state index is 12.8. The molecule has 1 saturated heterocycles. The number of ether oxygens (including phenoxy) is 2. The smallest absolute Gasteiger partial charge is 0.254 e. The molecule has 9 nitrogen and oxygen atoms in total. The van der Waals surface area contributed by atoms with E-state index < -0.39 is 5.91 Å². The summed E-state index contributed by atoms with van der Waals surface area (Å²) in [5, 5.41) is 8.33. The van der Waals surface area contributed by atoms with Gasteiger partial charge in [0, 0.05) is 25.2 Å². The number of methoxy groups -OCH3 is 2. The summed E-state index contributed by atoms with van der Waals surface area (Å²) in [5.41, 5.74) is 9.26.